The second-order valence-corrected chi connectivity index (χ2v) is 6.02. The Kier molecular flexibility index (Phi) is 3.88. The molecule has 2 atom stereocenters. The molecule has 0 heterocycles. The number of hydrogen-bond donors (Lipinski definition) is 1. The molecule has 20 heavy (non-hydrogen) atoms. The lowest BCUT2D eigenvalue weighted by Crippen LogP contribution is -2.25. The zero-order valence-corrected chi connectivity index (χ0v) is 12.6. The van der Waals surface area contributed by atoms with Crippen LogP contribution >= 0.6 is 15.9 Å². The molecule has 0 aliphatic heterocycles. The quantitative estimate of drug-likeness (QED) is 0.906. The number of carbonyl (C=O) groups excluding carboxylic acids is 1. The number of hydrogen-bond acceptors (Lipinski definition) is 1. The van der Waals surface area contributed by atoms with Gasteiger partial charge in [0.25, 0.3) is 0 Å². The van der Waals surface area contributed by atoms with E-state index in [0.29, 0.717) is 12.5 Å². The van der Waals surface area contributed by atoms with Crippen LogP contribution in [0.5, 0.6) is 0 Å². The fourth-order valence-corrected chi connectivity index (χ4v) is 2.93. The van der Waals surface area contributed by atoms with Crippen molar-refractivity contribution < 1.29 is 4.79 Å². The molecule has 1 aliphatic carbocycles. The van der Waals surface area contributed by atoms with Gasteiger partial charge >= 0.3 is 0 Å². The topological polar surface area (TPSA) is 29.1 Å². The summed E-state index contributed by atoms with van der Waals surface area (Å²) in [7, 11) is 0. The van der Waals surface area contributed by atoms with Gasteiger partial charge < -0.3 is 5.32 Å². The molecular formula is C17H16BrNO. The highest BCUT2D eigenvalue weighted by Crippen LogP contribution is 2.47. The maximum Gasteiger partial charge on any atom is 0.224 e. The Morgan fingerprint density at radius 2 is 1.80 bits per heavy atom. The van der Waals surface area contributed by atoms with E-state index in [2.05, 4.69) is 33.4 Å². The minimum atomic E-state index is 0.139. The van der Waals surface area contributed by atoms with Crippen LogP contribution in [-0.2, 0) is 11.3 Å². The molecule has 0 radical (unpaired) electrons. The molecule has 3 rings (SSSR count). The summed E-state index contributed by atoms with van der Waals surface area (Å²) < 4.78 is 1.04. The van der Waals surface area contributed by atoms with Gasteiger partial charge in [-0.05, 0) is 29.5 Å². The van der Waals surface area contributed by atoms with Crippen LogP contribution in [0.4, 0.5) is 0 Å². The highest BCUT2D eigenvalue weighted by atomic mass is 79.9. The minimum Gasteiger partial charge on any atom is -0.352 e. The van der Waals surface area contributed by atoms with E-state index in [-0.39, 0.29) is 11.8 Å². The number of nitrogens with one attached hydrogen (secondary N) is 1. The van der Waals surface area contributed by atoms with Gasteiger partial charge in [0.15, 0.2) is 0 Å². The van der Waals surface area contributed by atoms with Crippen LogP contribution in [0.15, 0.2) is 59.1 Å². The van der Waals surface area contributed by atoms with Crippen LogP contribution in [-0.4, -0.2) is 5.91 Å². The van der Waals surface area contributed by atoms with Gasteiger partial charge in [-0.15, -0.1) is 0 Å². The lowest BCUT2D eigenvalue weighted by molar-refractivity contribution is -0.122. The molecular weight excluding hydrogens is 314 g/mol. The zero-order chi connectivity index (χ0) is 13.9. The van der Waals surface area contributed by atoms with E-state index < -0.39 is 0 Å². The molecule has 0 aromatic heterocycles. The van der Waals surface area contributed by atoms with Crippen LogP contribution in [0.3, 0.4) is 0 Å². The Hall–Kier alpha value is -1.61. The first-order valence-corrected chi connectivity index (χ1v) is 7.61. The number of benzene rings is 2. The Morgan fingerprint density at radius 1 is 1.10 bits per heavy atom. The van der Waals surface area contributed by atoms with Crippen LogP contribution in [0.25, 0.3) is 0 Å². The molecule has 0 spiro atoms. The number of carbonyl (C=O) groups is 1. The Balaban J connectivity index is 1.56. The number of amides is 1. The van der Waals surface area contributed by atoms with Gasteiger partial charge in [0.05, 0.1) is 0 Å². The maximum atomic E-state index is 12.1. The van der Waals surface area contributed by atoms with Crippen LogP contribution in [0.1, 0.15) is 23.5 Å². The highest BCUT2D eigenvalue weighted by Gasteiger charge is 2.43. The smallest absolute Gasteiger partial charge is 0.224 e. The summed E-state index contributed by atoms with van der Waals surface area (Å²) >= 11 is 3.50. The zero-order valence-electron chi connectivity index (χ0n) is 11.1. The standard InChI is InChI=1S/C17H16BrNO/c18-16-9-5-4-8-13(16)11-19-17(20)15-10-14(15)12-6-2-1-3-7-12/h1-9,14-15H,10-11H2,(H,19,20). The Bertz CT molecular complexity index is 611. The molecule has 0 bridgehead atoms. The van der Waals surface area contributed by atoms with E-state index >= 15 is 0 Å². The average Bonchev–Trinajstić information content (AvgIpc) is 3.28. The van der Waals surface area contributed by atoms with Crippen LogP contribution in [0, 0.1) is 5.92 Å². The largest absolute Gasteiger partial charge is 0.352 e. The third-order valence-electron chi connectivity index (χ3n) is 3.77. The molecule has 2 unspecified atom stereocenters. The summed E-state index contributed by atoms with van der Waals surface area (Å²) in [6.45, 7) is 0.582. The first-order chi connectivity index (χ1) is 9.75. The molecule has 2 aromatic carbocycles. The second kappa shape index (κ2) is 5.80. The van der Waals surface area contributed by atoms with Crippen molar-refractivity contribution in [2.75, 3.05) is 0 Å². The third kappa shape index (κ3) is 2.93. The fourth-order valence-electron chi connectivity index (χ4n) is 2.51. The molecule has 2 aromatic rings. The molecule has 1 amide bonds. The molecule has 1 fully saturated rings. The fraction of sp³-hybridized carbons (Fsp3) is 0.235. The molecule has 1 N–H and O–H groups in total. The Morgan fingerprint density at radius 3 is 2.55 bits per heavy atom. The summed E-state index contributed by atoms with van der Waals surface area (Å²) in [4.78, 5) is 12.1. The second-order valence-electron chi connectivity index (χ2n) is 5.17. The molecule has 0 saturated heterocycles. The first kappa shape index (κ1) is 13.4. The summed E-state index contributed by atoms with van der Waals surface area (Å²) in [5, 5.41) is 3.03. The van der Waals surface area contributed by atoms with Gasteiger partial charge in [-0.25, -0.2) is 0 Å². The lowest BCUT2D eigenvalue weighted by Gasteiger charge is -2.07. The van der Waals surface area contributed by atoms with Crippen LogP contribution < -0.4 is 5.32 Å². The van der Waals surface area contributed by atoms with Crippen molar-refractivity contribution in [3.8, 4) is 0 Å². The van der Waals surface area contributed by atoms with Crippen molar-refractivity contribution in [2.45, 2.75) is 18.9 Å². The van der Waals surface area contributed by atoms with Gasteiger partial charge in [-0.3, -0.25) is 4.79 Å². The normalized spacial score (nSPS) is 20.4. The SMILES string of the molecule is O=C(NCc1ccccc1Br)C1CC1c1ccccc1. The van der Waals surface area contributed by atoms with E-state index in [1.165, 1.54) is 5.56 Å². The predicted octanol–water partition coefficient (Wildman–Crippen LogP) is 3.87. The lowest BCUT2D eigenvalue weighted by atomic mass is 10.1. The van der Waals surface area contributed by atoms with Crippen molar-refractivity contribution >= 4 is 21.8 Å². The van der Waals surface area contributed by atoms with Crippen molar-refractivity contribution in [3.63, 3.8) is 0 Å². The van der Waals surface area contributed by atoms with Gasteiger partial charge in [0.2, 0.25) is 5.91 Å². The highest BCUT2D eigenvalue weighted by molar-refractivity contribution is 9.10. The average molecular weight is 330 g/mol. The van der Waals surface area contributed by atoms with E-state index in [1.807, 2.05) is 42.5 Å². The molecule has 2 nitrogen and oxygen atoms in total. The summed E-state index contributed by atoms with van der Waals surface area (Å²) in [6, 6.07) is 18.2. The molecule has 102 valence electrons. The molecule has 3 heteroatoms. The first-order valence-electron chi connectivity index (χ1n) is 6.82. The van der Waals surface area contributed by atoms with Crippen molar-refractivity contribution in [1.82, 2.24) is 5.32 Å². The van der Waals surface area contributed by atoms with Crippen LogP contribution in [0.2, 0.25) is 0 Å². The monoisotopic (exact) mass is 329 g/mol. The maximum absolute atomic E-state index is 12.1. The van der Waals surface area contributed by atoms with Gasteiger partial charge in [-0.2, -0.15) is 0 Å². The van der Waals surface area contributed by atoms with Gasteiger partial charge in [0.1, 0.15) is 0 Å². The van der Waals surface area contributed by atoms with E-state index in [4.69, 9.17) is 0 Å². The minimum absolute atomic E-state index is 0.139. The number of rotatable bonds is 4. The number of halogens is 1. The van der Waals surface area contributed by atoms with E-state index in [0.717, 1.165) is 16.5 Å². The summed E-state index contributed by atoms with van der Waals surface area (Å²) in [6.07, 6.45) is 0.964. The van der Waals surface area contributed by atoms with E-state index in [9.17, 15) is 4.79 Å². The van der Waals surface area contributed by atoms with Gasteiger partial charge in [-0.1, -0.05) is 64.5 Å². The molecule has 1 saturated carbocycles. The van der Waals surface area contributed by atoms with Crippen molar-refractivity contribution in [3.05, 3.63) is 70.2 Å². The predicted molar refractivity (Wildman–Crippen MR) is 83.3 cm³/mol. The molecule has 1 aliphatic rings. The van der Waals surface area contributed by atoms with Crippen molar-refractivity contribution in [2.24, 2.45) is 5.92 Å². The summed E-state index contributed by atoms with van der Waals surface area (Å²) in [5.41, 5.74) is 2.38. The third-order valence-corrected chi connectivity index (χ3v) is 4.54. The Labute approximate surface area is 127 Å². The summed E-state index contributed by atoms with van der Waals surface area (Å²) in [5.74, 6) is 0.699. The van der Waals surface area contributed by atoms with E-state index in [1.54, 1.807) is 0 Å². The van der Waals surface area contributed by atoms with Crippen molar-refractivity contribution in [1.29, 1.82) is 0 Å². The van der Waals surface area contributed by atoms with Gasteiger partial charge in [0, 0.05) is 16.9 Å².